The Kier molecular flexibility index (Phi) is 8.30. The molecule has 0 unspecified atom stereocenters. The Balaban J connectivity index is 1.53. The number of rotatable bonds is 11. The molecule has 35 heavy (non-hydrogen) atoms. The van der Waals surface area contributed by atoms with Crippen LogP contribution in [0.15, 0.2) is 96.2 Å². The standard InChI is InChI=1S/C27H27N5O2S/c28-24(33)16-17-31(19-22-12-6-2-7-13-22)26(34)20-35-27-30-29-25(18-21-10-4-1-5-11-21)32(27)23-14-8-3-9-15-23/h1-15H,16-20H2,(H2,28,33). The van der Waals surface area contributed by atoms with Crippen molar-refractivity contribution in [1.82, 2.24) is 19.7 Å². The number of hydrogen-bond acceptors (Lipinski definition) is 5. The molecule has 0 radical (unpaired) electrons. The predicted octanol–water partition coefficient (Wildman–Crippen LogP) is 3.85. The number of amides is 2. The van der Waals surface area contributed by atoms with E-state index in [1.54, 1.807) is 4.90 Å². The number of aromatic nitrogens is 3. The quantitative estimate of drug-likeness (QED) is 0.326. The zero-order valence-corrected chi connectivity index (χ0v) is 20.1. The Morgan fingerprint density at radius 2 is 1.43 bits per heavy atom. The van der Waals surface area contributed by atoms with Crippen LogP contribution in [0.25, 0.3) is 5.69 Å². The molecule has 0 aliphatic rings. The second-order valence-electron chi connectivity index (χ2n) is 8.04. The Bertz CT molecular complexity index is 1250. The smallest absolute Gasteiger partial charge is 0.233 e. The molecule has 4 aromatic rings. The van der Waals surface area contributed by atoms with Crippen LogP contribution in [0.1, 0.15) is 23.4 Å². The van der Waals surface area contributed by atoms with Gasteiger partial charge < -0.3 is 10.6 Å². The van der Waals surface area contributed by atoms with Gasteiger partial charge in [-0.1, -0.05) is 90.6 Å². The highest BCUT2D eigenvalue weighted by atomic mass is 32.2. The van der Waals surface area contributed by atoms with E-state index in [0.29, 0.717) is 18.1 Å². The lowest BCUT2D eigenvalue weighted by atomic mass is 10.1. The highest BCUT2D eigenvalue weighted by molar-refractivity contribution is 7.99. The minimum atomic E-state index is -0.433. The molecule has 0 saturated heterocycles. The SMILES string of the molecule is NC(=O)CCN(Cc1ccccc1)C(=O)CSc1nnc(Cc2ccccc2)n1-c1ccccc1. The van der Waals surface area contributed by atoms with Gasteiger partial charge in [0.1, 0.15) is 5.82 Å². The number of nitrogens with zero attached hydrogens (tertiary/aromatic N) is 4. The van der Waals surface area contributed by atoms with Crippen molar-refractivity contribution in [1.29, 1.82) is 0 Å². The highest BCUT2D eigenvalue weighted by Gasteiger charge is 2.19. The molecule has 0 bridgehead atoms. The topological polar surface area (TPSA) is 94.1 Å². The Hall–Kier alpha value is -3.91. The fraction of sp³-hybridized carbons (Fsp3) is 0.185. The van der Waals surface area contributed by atoms with Crippen LogP contribution in [-0.2, 0) is 22.6 Å². The second kappa shape index (κ2) is 12.0. The van der Waals surface area contributed by atoms with Gasteiger partial charge in [-0.2, -0.15) is 0 Å². The summed E-state index contributed by atoms with van der Waals surface area (Å²) in [5, 5.41) is 9.50. The predicted molar refractivity (Wildman–Crippen MR) is 137 cm³/mol. The average Bonchev–Trinajstić information content (AvgIpc) is 3.29. The summed E-state index contributed by atoms with van der Waals surface area (Å²) >= 11 is 1.34. The van der Waals surface area contributed by atoms with Crippen LogP contribution in [0.5, 0.6) is 0 Å². The first-order valence-electron chi connectivity index (χ1n) is 11.4. The molecule has 0 aliphatic carbocycles. The third-order valence-electron chi connectivity index (χ3n) is 5.44. The minimum absolute atomic E-state index is 0.0904. The average molecular weight is 486 g/mol. The molecule has 0 fully saturated rings. The van der Waals surface area contributed by atoms with Crippen molar-refractivity contribution in [2.45, 2.75) is 24.5 Å². The number of primary amides is 1. The van der Waals surface area contributed by atoms with E-state index >= 15 is 0 Å². The van der Waals surface area contributed by atoms with Crippen molar-refractivity contribution < 1.29 is 9.59 Å². The number of para-hydroxylation sites is 1. The summed E-state index contributed by atoms with van der Waals surface area (Å²) in [5.74, 6) is 0.444. The molecule has 3 aromatic carbocycles. The van der Waals surface area contributed by atoms with Crippen LogP contribution in [0.2, 0.25) is 0 Å². The Morgan fingerprint density at radius 3 is 2.06 bits per heavy atom. The van der Waals surface area contributed by atoms with Crippen LogP contribution in [-0.4, -0.2) is 43.8 Å². The molecule has 1 aromatic heterocycles. The molecule has 2 amide bonds. The first-order valence-corrected chi connectivity index (χ1v) is 12.3. The van der Waals surface area contributed by atoms with Crippen LogP contribution < -0.4 is 5.73 Å². The van der Waals surface area contributed by atoms with Gasteiger partial charge in [-0.3, -0.25) is 14.2 Å². The molecule has 7 nitrogen and oxygen atoms in total. The number of nitrogens with two attached hydrogens (primary N) is 1. The van der Waals surface area contributed by atoms with Crippen LogP contribution in [0.3, 0.4) is 0 Å². The summed E-state index contributed by atoms with van der Waals surface area (Å²) in [6, 6.07) is 29.7. The molecule has 4 rings (SSSR count). The maximum Gasteiger partial charge on any atom is 0.233 e. The first kappa shape index (κ1) is 24.2. The fourth-order valence-corrected chi connectivity index (χ4v) is 4.56. The van der Waals surface area contributed by atoms with Crippen LogP contribution in [0, 0.1) is 0 Å². The first-order chi connectivity index (χ1) is 17.1. The van der Waals surface area contributed by atoms with E-state index in [2.05, 4.69) is 22.3 Å². The second-order valence-corrected chi connectivity index (χ2v) is 8.98. The van der Waals surface area contributed by atoms with Gasteiger partial charge in [0.25, 0.3) is 0 Å². The fourth-order valence-electron chi connectivity index (χ4n) is 3.68. The summed E-state index contributed by atoms with van der Waals surface area (Å²) in [4.78, 5) is 26.2. The van der Waals surface area contributed by atoms with E-state index in [4.69, 9.17) is 5.73 Å². The lowest BCUT2D eigenvalue weighted by Crippen LogP contribution is -2.34. The maximum absolute atomic E-state index is 13.2. The van der Waals surface area contributed by atoms with Crippen LogP contribution in [0.4, 0.5) is 0 Å². The summed E-state index contributed by atoms with van der Waals surface area (Å²) < 4.78 is 2.00. The molecule has 8 heteroatoms. The van der Waals surface area contributed by atoms with Gasteiger partial charge in [0.05, 0.1) is 5.75 Å². The van der Waals surface area contributed by atoms with E-state index < -0.39 is 5.91 Å². The Morgan fingerprint density at radius 1 is 0.829 bits per heavy atom. The molecule has 0 aliphatic heterocycles. The van der Waals surface area contributed by atoms with E-state index in [0.717, 1.165) is 22.6 Å². The molecule has 0 saturated carbocycles. The van der Waals surface area contributed by atoms with Gasteiger partial charge in [0.2, 0.25) is 11.8 Å². The number of benzene rings is 3. The summed E-state index contributed by atoms with van der Waals surface area (Å²) in [6.45, 7) is 0.687. The molecule has 178 valence electrons. The molecule has 0 atom stereocenters. The van der Waals surface area contributed by atoms with E-state index in [1.807, 2.05) is 83.4 Å². The number of carbonyl (C=O) groups excluding carboxylic acids is 2. The third kappa shape index (κ3) is 6.80. The van der Waals surface area contributed by atoms with Gasteiger partial charge in [-0.25, -0.2) is 0 Å². The van der Waals surface area contributed by atoms with Gasteiger partial charge >= 0.3 is 0 Å². The van der Waals surface area contributed by atoms with Crippen LogP contribution >= 0.6 is 11.8 Å². The number of carbonyl (C=O) groups is 2. The van der Waals surface area contributed by atoms with Gasteiger partial charge in [-0.15, -0.1) is 10.2 Å². The van der Waals surface area contributed by atoms with Gasteiger partial charge in [0.15, 0.2) is 5.16 Å². The van der Waals surface area contributed by atoms with Gasteiger partial charge in [-0.05, 0) is 23.3 Å². The summed E-state index contributed by atoms with van der Waals surface area (Å²) in [5.41, 5.74) is 8.41. The summed E-state index contributed by atoms with van der Waals surface area (Å²) in [7, 11) is 0. The minimum Gasteiger partial charge on any atom is -0.370 e. The number of thioether (sulfide) groups is 1. The summed E-state index contributed by atoms with van der Waals surface area (Å²) in [6.07, 6.45) is 0.737. The zero-order chi connectivity index (χ0) is 24.5. The van der Waals surface area contributed by atoms with Crippen molar-refractivity contribution >= 4 is 23.6 Å². The monoisotopic (exact) mass is 485 g/mol. The molecular formula is C27H27N5O2S. The molecule has 0 spiro atoms. The van der Waals surface area contributed by atoms with Crippen molar-refractivity contribution in [3.05, 3.63) is 108 Å². The third-order valence-corrected chi connectivity index (χ3v) is 6.36. The number of hydrogen-bond donors (Lipinski definition) is 1. The Labute approximate surface area is 209 Å². The molecule has 1 heterocycles. The molecule has 2 N–H and O–H groups in total. The van der Waals surface area contributed by atoms with E-state index in [1.165, 1.54) is 11.8 Å². The normalized spacial score (nSPS) is 10.7. The van der Waals surface area contributed by atoms with E-state index in [9.17, 15) is 9.59 Å². The van der Waals surface area contributed by atoms with Gasteiger partial charge in [0, 0.05) is 31.6 Å². The molecular weight excluding hydrogens is 458 g/mol. The van der Waals surface area contributed by atoms with Crippen molar-refractivity contribution in [3.63, 3.8) is 0 Å². The van der Waals surface area contributed by atoms with Crippen molar-refractivity contribution in [2.75, 3.05) is 12.3 Å². The lowest BCUT2D eigenvalue weighted by Gasteiger charge is -2.22. The lowest BCUT2D eigenvalue weighted by molar-refractivity contribution is -0.129. The van der Waals surface area contributed by atoms with Crippen molar-refractivity contribution in [3.8, 4) is 5.69 Å². The van der Waals surface area contributed by atoms with Crippen molar-refractivity contribution in [2.24, 2.45) is 5.73 Å². The largest absolute Gasteiger partial charge is 0.370 e. The van der Waals surface area contributed by atoms with E-state index in [-0.39, 0.29) is 24.6 Å². The highest BCUT2D eigenvalue weighted by Crippen LogP contribution is 2.24. The zero-order valence-electron chi connectivity index (χ0n) is 19.3. The maximum atomic E-state index is 13.2.